The van der Waals surface area contributed by atoms with E-state index in [1.54, 1.807) is 6.07 Å². The molecule has 0 bridgehead atoms. The fourth-order valence-corrected chi connectivity index (χ4v) is 3.64. The lowest BCUT2D eigenvalue weighted by Crippen LogP contribution is -2.34. The minimum Gasteiger partial charge on any atom is -0.316 e. The predicted octanol–water partition coefficient (Wildman–Crippen LogP) is 4.99. The van der Waals surface area contributed by atoms with Gasteiger partial charge in [-0.1, -0.05) is 41.4 Å². The molecule has 1 N–H and O–H groups in total. The molecule has 0 aromatic heterocycles. The maximum Gasteiger partial charge on any atom is 0.123 e. The molecule has 2 atom stereocenters. The minimum atomic E-state index is -0.205. The molecule has 1 heterocycles. The average Bonchev–Trinajstić information content (AvgIpc) is 2.48. The molecule has 110 valence electrons. The molecule has 1 saturated heterocycles. The monoisotopic (exact) mass is 323 g/mol. The maximum atomic E-state index is 13.1. The van der Waals surface area contributed by atoms with Gasteiger partial charge in [0, 0.05) is 22.5 Å². The predicted molar refractivity (Wildman–Crippen MR) is 85.8 cm³/mol. The fraction of sp³-hybridized carbons (Fsp3) is 0.294. The van der Waals surface area contributed by atoms with Crippen LogP contribution in [0.2, 0.25) is 10.0 Å². The van der Waals surface area contributed by atoms with Gasteiger partial charge in [-0.05, 0) is 54.3 Å². The van der Waals surface area contributed by atoms with Crippen LogP contribution in [0.4, 0.5) is 4.39 Å². The Hall–Kier alpha value is -1.09. The van der Waals surface area contributed by atoms with E-state index < -0.39 is 0 Å². The third-order valence-corrected chi connectivity index (χ3v) is 4.70. The summed E-state index contributed by atoms with van der Waals surface area (Å²) in [5.41, 5.74) is 2.26. The van der Waals surface area contributed by atoms with Gasteiger partial charge in [-0.15, -0.1) is 0 Å². The molecule has 1 aliphatic heterocycles. The van der Waals surface area contributed by atoms with Crippen molar-refractivity contribution in [1.29, 1.82) is 0 Å². The SMILES string of the molecule is Fc1ccc(C2CNCCC2c2ccc(Cl)cc2Cl)cc1. The van der Waals surface area contributed by atoms with Gasteiger partial charge in [-0.2, -0.15) is 0 Å². The lowest BCUT2D eigenvalue weighted by atomic mass is 9.77. The van der Waals surface area contributed by atoms with Crippen LogP contribution in [0.1, 0.15) is 29.4 Å². The van der Waals surface area contributed by atoms with Gasteiger partial charge in [0.1, 0.15) is 5.82 Å². The van der Waals surface area contributed by atoms with Crippen molar-refractivity contribution >= 4 is 23.2 Å². The molecule has 1 nitrogen and oxygen atoms in total. The Morgan fingerprint density at radius 2 is 1.76 bits per heavy atom. The largest absolute Gasteiger partial charge is 0.316 e. The number of rotatable bonds is 2. The Morgan fingerprint density at radius 1 is 1.00 bits per heavy atom. The van der Waals surface area contributed by atoms with E-state index in [2.05, 4.69) is 5.32 Å². The second kappa shape index (κ2) is 6.35. The summed E-state index contributed by atoms with van der Waals surface area (Å²) in [6.07, 6.45) is 1.00. The van der Waals surface area contributed by atoms with E-state index in [0.29, 0.717) is 16.0 Å². The van der Waals surface area contributed by atoms with Crippen LogP contribution in [-0.2, 0) is 0 Å². The van der Waals surface area contributed by atoms with E-state index >= 15 is 0 Å². The summed E-state index contributed by atoms with van der Waals surface area (Å²) >= 11 is 12.4. The molecule has 1 aliphatic rings. The highest BCUT2D eigenvalue weighted by Crippen LogP contribution is 2.40. The first-order valence-corrected chi connectivity index (χ1v) is 7.82. The molecule has 1 fully saturated rings. The van der Waals surface area contributed by atoms with Gasteiger partial charge in [0.2, 0.25) is 0 Å². The number of hydrogen-bond donors (Lipinski definition) is 1. The number of hydrogen-bond acceptors (Lipinski definition) is 1. The van der Waals surface area contributed by atoms with Crippen LogP contribution >= 0.6 is 23.2 Å². The lowest BCUT2D eigenvalue weighted by molar-refractivity contribution is 0.404. The summed E-state index contributed by atoms with van der Waals surface area (Å²) in [4.78, 5) is 0. The van der Waals surface area contributed by atoms with Crippen LogP contribution in [0.3, 0.4) is 0 Å². The molecule has 0 amide bonds. The second-order valence-corrected chi connectivity index (χ2v) is 6.27. The van der Waals surface area contributed by atoms with Crippen molar-refractivity contribution in [1.82, 2.24) is 5.32 Å². The third-order valence-electron chi connectivity index (χ3n) is 4.14. The molecule has 0 aliphatic carbocycles. The Labute approximate surface area is 134 Å². The maximum absolute atomic E-state index is 13.1. The molecule has 3 rings (SSSR count). The molecule has 21 heavy (non-hydrogen) atoms. The molecule has 2 unspecified atom stereocenters. The van der Waals surface area contributed by atoms with Gasteiger partial charge in [-0.3, -0.25) is 0 Å². The molecule has 0 saturated carbocycles. The summed E-state index contributed by atoms with van der Waals surface area (Å²) in [5.74, 6) is 0.406. The molecular weight excluding hydrogens is 308 g/mol. The molecule has 0 spiro atoms. The molecule has 0 radical (unpaired) electrons. The van der Waals surface area contributed by atoms with Crippen molar-refractivity contribution in [3.8, 4) is 0 Å². The van der Waals surface area contributed by atoms with Crippen molar-refractivity contribution in [3.63, 3.8) is 0 Å². The first-order valence-electron chi connectivity index (χ1n) is 7.06. The van der Waals surface area contributed by atoms with E-state index in [9.17, 15) is 4.39 Å². The Kier molecular flexibility index (Phi) is 4.48. The zero-order valence-electron chi connectivity index (χ0n) is 11.5. The summed E-state index contributed by atoms with van der Waals surface area (Å²) < 4.78 is 13.1. The van der Waals surface area contributed by atoms with Crippen molar-refractivity contribution < 1.29 is 4.39 Å². The van der Waals surface area contributed by atoms with E-state index in [-0.39, 0.29) is 11.7 Å². The Bertz CT molecular complexity index is 627. The fourth-order valence-electron chi connectivity index (χ4n) is 3.09. The van der Waals surface area contributed by atoms with E-state index in [0.717, 1.165) is 30.6 Å². The van der Waals surface area contributed by atoms with E-state index in [4.69, 9.17) is 23.2 Å². The standard InChI is InChI=1S/C17H16Cl2FN/c18-12-3-6-15(17(19)9-12)14-7-8-21-10-16(14)11-1-4-13(20)5-2-11/h1-6,9,14,16,21H,7-8,10H2. The van der Waals surface area contributed by atoms with Gasteiger partial charge in [0.15, 0.2) is 0 Å². The summed E-state index contributed by atoms with van der Waals surface area (Å²) in [7, 11) is 0. The topological polar surface area (TPSA) is 12.0 Å². The molecule has 2 aromatic carbocycles. The average molecular weight is 324 g/mol. The second-order valence-electron chi connectivity index (χ2n) is 5.42. The highest BCUT2D eigenvalue weighted by Gasteiger charge is 2.29. The van der Waals surface area contributed by atoms with Crippen LogP contribution in [0, 0.1) is 5.82 Å². The van der Waals surface area contributed by atoms with E-state index in [1.807, 2.05) is 24.3 Å². The van der Waals surface area contributed by atoms with Crippen LogP contribution < -0.4 is 5.32 Å². The number of piperidine rings is 1. The highest BCUT2D eigenvalue weighted by molar-refractivity contribution is 6.35. The van der Waals surface area contributed by atoms with Crippen molar-refractivity contribution in [2.75, 3.05) is 13.1 Å². The molecule has 4 heteroatoms. The molecule has 2 aromatic rings. The van der Waals surface area contributed by atoms with Crippen molar-refractivity contribution in [3.05, 3.63) is 69.5 Å². The van der Waals surface area contributed by atoms with Gasteiger partial charge < -0.3 is 5.32 Å². The normalized spacial score (nSPS) is 22.2. The first kappa shape index (κ1) is 14.8. The van der Waals surface area contributed by atoms with Gasteiger partial charge in [0.25, 0.3) is 0 Å². The zero-order chi connectivity index (χ0) is 14.8. The van der Waals surface area contributed by atoms with Gasteiger partial charge >= 0.3 is 0 Å². The zero-order valence-corrected chi connectivity index (χ0v) is 13.0. The molecular formula is C17H16Cl2FN. The van der Waals surface area contributed by atoms with Crippen molar-refractivity contribution in [2.24, 2.45) is 0 Å². The summed E-state index contributed by atoms with van der Waals surface area (Å²) in [6, 6.07) is 12.5. The number of nitrogens with one attached hydrogen (secondary N) is 1. The lowest BCUT2D eigenvalue weighted by Gasteiger charge is -2.33. The first-order chi connectivity index (χ1) is 10.1. The van der Waals surface area contributed by atoms with Gasteiger partial charge in [-0.25, -0.2) is 4.39 Å². The van der Waals surface area contributed by atoms with Crippen LogP contribution in [0.25, 0.3) is 0 Å². The van der Waals surface area contributed by atoms with E-state index in [1.165, 1.54) is 12.1 Å². The Morgan fingerprint density at radius 3 is 2.48 bits per heavy atom. The smallest absolute Gasteiger partial charge is 0.123 e. The van der Waals surface area contributed by atoms with Crippen molar-refractivity contribution in [2.45, 2.75) is 18.3 Å². The minimum absolute atomic E-state index is 0.205. The van der Waals surface area contributed by atoms with Crippen LogP contribution in [0.5, 0.6) is 0 Å². The highest BCUT2D eigenvalue weighted by atomic mass is 35.5. The quantitative estimate of drug-likeness (QED) is 0.820. The van der Waals surface area contributed by atoms with Crippen LogP contribution in [0.15, 0.2) is 42.5 Å². The third kappa shape index (κ3) is 3.23. The summed E-state index contributed by atoms with van der Waals surface area (Å²) in [5, 5.41) is 4.77. The Balaban J connectivity index is 1.96. The summed E-state index contributed by atoms with van der Waals surface area (Å²) in [6.45, 7) is 1.83. The van der Waals surface area contributed by atoms with Crippen LogP contribution in [-0.4, -0.2) is 13.1 Å². The number of halogens is 3. The number of benzene rings is 2. The van der Waals surface area contributed by atoms with Gasteiger partial charge in [0.05, 0.1) is 0 Å².